The number of carboxylic acids is 1. The molecule has 142 valence electrons. The molecule has 1 aliphatic rings. The van der Waals surface area contributed by atoms with Crippen molar-refractivity contribution in [3.8, 4) is 0 Å². The minimum atomic E-state index is -0.801. The third kappa shape index (κ3) is 8.45. The summed E-state index contributed by atoms with van der Waals surface area (Å²) in [4.78, 5) is 22.5. The lowest BCUT2D eigenvalue weighted by Gasteiger charge is -2.16. The van der Waals surface area contributed by atoms with Crippen LogP contribution in [0, 0.1) is 11.8 Å². The Hall–Kier alpha value is -1.46. The van der Waals surface area contributed by atoms with Gasteiger partial charge in [-0.15, -0.1) is 0 Å². The summed E-state index contributed by atoms with van der Waals surface area (Å²) in [6.07, 6.45) is 12.1. The lowest BCUT2D eigenvalue weighted by Crippen LogP contribution is -2.18. The van der Waals surface area contributed by atoms with Crippen molar-refractivity contribution in [2.45, 2.75) is 76.9 Å². The number of carboxylic acid groups (broad SMARTS) is 1. The van der Waals surface area contributed by atoms with Gasteiger partial charge in [-0.25, -0.2) is 0 Å². The Labute approximate surface area is 150 Å². The number of aliphatic carboxylic acids is 1. The zero-order chi connectivity index (χ0) is 18.7. The van der Waals surface area contributed by atoms with E-state index in [0.717, 1.165) is 19.3 Å². The molecule has 3 N–H and O–H groups in total. The predicted molar refractivity (Wildman–Crippen MR) is 97.1 cm³/mol. The van der Waals surface area contributed by atoms with Crippen LogP contribution < -0.4 is 0 Å². The molecule has 0 aromatic carbocycles. The first-order chi connectivity index (χ1) is 12.0. The van der Waals surface area contributed by atoms with Gasteiger partial charge in [0.2, 0.25) is 0 Å². The van der Waals surface area contributed by atoms with E-state index in [1.165, 1.54) is 0 Å². The first-order valence-electron chi connectivity index (χ1n) is 9.39. The van der Waals surface area contributed by atoms with Crippen molar-refractivity contribution < 1.29 is 24.9 Å². The molecule has 1 saturated carbocycles. The highest BCUT2D eigenvalue weighted by Crippen LogP contribution is 2.33. The van der Waals surface area contributed by atoms with Gasteiger partial charge in [0.05, 0.1) is 12.2 Å². The van der Waals surface area contributed by atoms with Crippen molar-refractivity contribution in [3.63, 3.8) is 0 Å². The third-order valence-electron chi connectivity index (χ3n) is 4.71. The molecule has 1 aliphatic carbocycles. The Kier molecular flexibility index (Phi) is 10.3. The second-order valence-corrected chi connectivity index (χ2v) is 6.86. The number of aliphatic hydroxyl groups is 2. The molecule has 5 heteroatoms. The molecular formula is C20H32O5. The molecule has 0 spiro atoms. The summed E-state index contributed by atoms with van der Waals surface area (Å²) in [7, 11) is 0. The third-order valence-corrected chi connectivity index (χ3v) is 4.71. The zero-order valence-electron chi connectivity index (χ0n) is 15.1. The van der Waals surface area contributed by atoms with Gasteiger partial charge in [-0.1, -0.05) is 50.5 Å². The van der Waals surface area contributed by atoms with Crippen LogP contribution in [0.4, 0.5) is 0 Å². The smallest absolute Gasteiger partial charge is 0.303 e. The number of hydrogen-bond donors (Lipinski definition) is 3. The summed E-state index contributed by atoms with van der Waals surface area (Å²) in [5, 5.41) is 28.7. The lowest BCUT2D eigenvalue weighted by atomic mass is 9.90. The van der Waals surface area contributed by atoms with Crippen molar-refractivity contribution in [2.24, 2.45) is 11.8 Å². The first-order valence-corrected chi connectivity index (χ1v) is 9.39. The van der Waals surface area contributed by atoms with Crippen LogP contribution >= 0.6 is 0 Å². The van der Waals surface area contributed by atoms with Crippen molar-refractivity contribution in [3.05, 3.63) is 24.3 Å². The molecule has 0 amide bonds. The summed E-state index contributed by atoms with van der Waals surface area (Å²) in [6, 6.07) is 0. The average Bonchev–Trinajstić information content (AvgIpc) is 2.82. The largest absolute Gasteiger partial charge is 0.481 e. The molecule has 0 heterocycles. The van der Waals surface area contributed by atoms with E-state index in [1.807, 2.05) is 12.2 Å². The maximum Gasteiger partial charge on any atom is 0.303 e. The average molecular weight is 352 g/mol. The van der Waals surface area contributed by atoms with E-state index in [1.54, 1.807) is 12.2 Å². The van der Waals surface area contributed by atoms with Crippen LogP contribution in [0.5, 0.6) is 0 Å². The van der Waals surface area contributed by atoms with E-state index < -0.39 is 18.2 Å². The number of carbonyl (C=O) groups excluding carboxylic acids is 1. The second kappa shape index (κ2) is 12.0. The molecule has 0 saturated heterocycles. The fourth-order valence-corrected chi connectivity index (χ4v) is 3.22. The molecular weight excluding hydrogens is 320 g/mol. The maximum atomic E-state index is 12.1. The molecule has 25 heavy (non-hydrogen) atoms. The molecule has 4 atom stereocenters. The number of ketones is 1. The van der Waals surface area contributed by atoms with Gasteiger partial charge in [0.15, 0.2) is 0 Å². The van der Waals surface area contributed by atoms with E-state index in [9.17, 15) is 19.8 Å². The topological polar surface area (TPSA) is 94.8 Å². The van der Waals surface area contributed by atoms with Gasteiger partial charge in [0, 0.05) is 24.7 Å². The van der Waals surface area contributed by atoms with Crippen molar-refractivity contribution in [2.75, 3.05) is 0 Å². The van der Waals surface area contributed by atoms with Crippen LogP contribution in [-0.2, 0) is 9.59 Å². The standard InChI is InChI=1S/C20H32O5/c1-2-3-6-9-15(21)12-13-17-16(18(22)14-19(17)23)10-7-4-5-8-11-20(24)25/h4,7,12-13,15-17,19,21,23H,2-3,5-6,8-11,14H2,1H3,(H,24,25)/b7-4-,13-12+. The lowest BCUT2D eigenvalue weighted by molar-refractivity contribution is -0.137. The SMILES string of the molecule is CCCCCC(O)/C=C/C1C(O)CC(=O)C1C/C=C\CCCC(=O)O. The number of unbranched alkanes of at least 4 members (excludes halogenated alkanes) is 3. The van der Waals surface area contributed by atoms with Gasteiger partial charge in [-0.05, 0) is 25.7 Å². The first kappa shape index (κ1) is 21.6. The van der Waals surface area contributed by atoms with E-state index in [4.69, 9.17) is 5.11 Å². The van der Waals surface area contributed by atoms with Crippen molar-refractivity contribution in [1.29, 1.82) is 0 Å². The summed E-state index contributed by atoms with van der Waals surface area (Å²) in [5.74, 6) is -1.26. The molecule has 0 radical (unpaired) electrons. The Bertz CT molecular complexity index is 469. The van der Waals surface area contributed by atoms with Crippen LogP contribution in [0.25, 0.3) is 0 Å². The minimum Gasteiger partial charge on any atom is -0.481 e. The van der Waals surface area contributed by atoms with E-state index in [2.05, 4.69) is 6.92 Å². The number of allylic oxidation sites excluding steroid dienone is 2. The molecule has 1 rings (SSSR count). The van der Waals surface area contributed by atoms with Crippen molar-refractivity contribution in [1.82, 2.24) is 0 Å². The van der Waals surface area contributed by atoms with Crippen LogP contribution in [-0.4, -0.2) is 39.3 Å². The zero-order valence-corrected chi connectivity index (χ0v) is 15.1. The fraction of sp³-hybridized carbons (Fsp3) is 0.700. The van der Waals surface area contributed by atoms with Gasteiger partial charge < -0.3 is 15.3 Å². The van der Waals surface area contributed by atoms with Crippen LogP contribution in [0.15, 0.2) is 24.3 Å². The predicted octanol–water partition coefficient (Wildman–Crippen LogP) is 3.25. The summed E-state index contributed by atoms with van der Waals surface area (Å²) in [6.45, 7) is 2.11. The van der Waals surface area contributed by atoms with Gasteiger partial charge in [0.25, 0.3) is 0 Å². The van der Waals surface area contributed by atoms with E-state index in [0.29, 0.717) is 25.7 Å². The number of carbonyl (C=O) groups is 2. The Morgan fingerprint density at radius 1 is 1.28 bits per heavy atom. The van der Waals surface area contributed by atoms with Gasteiger partial charge in [-0.3, -0.25) is 9.59 Å². The normalized spacial score (nSPS) is 25.2. The Balaban J connectivity index is 2.48. The molecule has 0 aromatic rings. The quantitative estimate of drug-likeness (QED) is 0.370. The summed E-state index contributed by atoms with van der Waals surface area (Å²) in [5.41, 5.74) is 0. The van der Waals surface area contributed by atoms with Crippen LogP contribution in [0.1, 0.15) is 64.7 Å². The summed E-state index contributed by atoms with van der Waals surface area (Å²) < 4.78 is 0. The molecule has 4 unspecified atom stereocenters. The Morgan fingerprint density at radius 3 is 2.72 bits per heavy atom. The molecule has 0 aliphatic heterocycles. The van der Waals surface area contributed by atoms with Gasteiger partial charge in [-0.2, -0.15) is 0 Å². The summed E-state index contributed by atoms with van der Waals surface area (Å²) >= 11 is 0. The van der Waals surface area contributed by atoms with Gasteiger partial charge >= 0.3 is 5.97 Å². The molecule has 0 bridgehead atoms. The van der Waals surface area contributed by atoms with Gasteiger partial charge in [0.1, 0.15) is 5.78 Å². The number of Topliss-reactive ketones (excluding diaryl/α,β-unsaturated/α-hetero) is 1. The number of aliphatic hydroxyl groups excluding tert-OH is 2. The van der Waals surface area contributed by atoms with E-state index >= 15 is 0 Å². The van der Waals surface area contributed by atoms with Crippen molar-refractivity contribution >= 4 is 11.8 Å². The molecule has 5 nitrogen and oxygen atoms in total. The number of hydrogen-bond acceptors (Lipinski definition) is 4. The molecule has 1 fully saturated rings. The Morgan fingerprint density at radius 2 is 2.04 bits per heavy atom. The highest BCUT2D eigenvalue weighted by atomic mass is 16.4. The highest BCUT2D eigenvalue weighted by molar-refractivity contribution is 5.84. The van der Waals surface area contributed by atoms with Crippen LogP contribution in [0.3, 0.4) is 0 Å². The number of rotatable bonds is 12. The monoisotopic (exact) mass is 352 g/mol. The highest BCUT2D eigenvalue weighted by Gasteiger charge is 2.39. The molecule has 0 aromatic heterocycles. The fourth-order valence-electron chi connectivity index (χ4n) is 3.22. The van der Waals surface area contributed by atoms with E-state index in [-0.39, 0.29) is 30.5 Å². The second-order valence-electron chi connectivity index (χ2n) is 6.86. The van der Waals surface area contributed by atoms with Crippen LogP contribution in [0.2, 0.25) is 0 Å². The maximum absolute atomic E-state index is 12.1. The minimum absolute atomic E-state index is 0.0535.